The van der Waals surface area contributed by atoms with Gasteiger partial charge in [-0.15, -0.1) is 0 Å². The molecule has 2 heterocycles. The summed E-state index contributed by atoms with van der Waals surface area (Å²) >= 11 is 3.11. The van der Waals surface area contributed by atoms with Crippen LogP contribution in [0.15, 0.2) is 44.6 Å². The lowest BCUT2D eigenvalue weighted by Gasteiger charge is -2.16. The Balaban J connectivity index is 2.27. The smallest absolute Gasteiger partial charge is 0.247 e. The van der Waals surface area contributed by atoms with Crippen LogP contribution >= 0.6 is 15.9 Å². The number of sulfonamides is 1. The van der Waals surface area contributed by atoms with Crippen molar-refractivity contribution in [2.45, 2.75) is 18.0 Å². The van der Waals surface area contributed by atoms with Gasteiger partial charge in [0.2, 0.25) is 10.0 Å². The maximum absolute atomic E-state index is 12.5. The molecule has 0 saturated heterocycles. The fourth-order valence-corrected chi connectivity index (χ4v) is 3.79. The van der Waals surface area contributed by atoms with E-state index in [0.29, 0.717) is 5.76 Å². The van der Waals surface area contributed by atoms with Crippen molar-refractivity contribution in [2.24, 2.45) is 5.73 Å². The highest BCUT2D eigenvalue weighted by Crippen LogP contribution is 2.28. The van der Waals surface area contributed by atoms with E-state index in [9.17, 15) is 8.42 Å². The number of aromatic nitrogens is 1. The molecule has 0 fully saturated rings. The van der Waals surface area contributed by atoms with Crippen molar-refractivity contribution in [1.29, 1.82) is 0 Å². The van der Waals surface area contributed by atoms with Gasteiger partial charge >= 0.3 is 0 Å². The molecule has 0 unspecified atom stereocenters. The van der Waals surface area contributed by atoms with Crippen LogP contribution in [0.4, 0.5) is 0 Å². The highest BCUT2D eigenvalue weighted by Gasteiger charge is 2.26. The topological polar surface area (TPSA) is 89.4 Å². The second-order valence-corrected chi connectivity index (χ2v) is 6.90. The number of nitrogens with two attached hydrogens (primary N) is 1. The number of hydrogen-bond acceptors (Lipinski definition) is 5. The quantitative estimate of drug-likeness (QED) is 0.877. The van der Waals surface area contributed by atoms with E-state index in [1.807, 2.05) is 0 Å². The molecule has 2 aromatic heterocycles. The molecule has 2 aromatic rings. The van der Waals surface area contributed by atoms with Gasteiger partial charge in [0.25, 0.3) is 0 Å². The third-order valence-electron chi connectivity index (χ3n) is 2.75. The summed E-state index contributed by atoms with van der Waals surface area (Å²) in [5.41, 5.74) is 6.30. The number of hydrogen-bond donors (Lipinski definition) is 1. The van der Waals surface area contributed by atoms with Gasteiger partial charge in [-0.25, -0.2) is 8.42 Å². The summed E-state index contributed by atoms with van der Waals surface area (Å²) in [4.78, 5) is 3.98. The third kappa shape index (κ3) is 3.09. The number of nitrogens with zero attached hydrogens (tertiary/aromatic N) is 2. The molecule has 0 saturated carbocycles. The monoisotopic (exact) mass is 359 g/mol. The summed E-state index contributed by atoms with van der Waals surface area (Å²) in [6, 6.07) is 4.96. The van der Waals surface area contributed by atoms with Crippen LogP contribution in [-0.4, -0.2) is 24.8 Å². The van der Waals surface area contributed by atoms with Crippen LogP contribution in [0.2, 0.25) is 0 Å². The Morgan fingerprint density at radius 1 is 1.40 bits per heavy atom. The Bertz CT molecular complexity index is 685. The molecule has 0 aromatic carbocycles. The van der Waals surface area contributed by atoms with Crippen LogP contribution in [0.3, 0.4) is 0 Å². The van der Waals surface area contributed by atoms with E-state index in [1.54, 1.807) is 24.5 Å². The molecule has 0 bridgehead atoms. The summed E-state index contributed by atoms with van der Waals surface area (Å²) < 4.78 is 31.6. The Hall–Kier alpha value is -1.22. The van der Waals surface area contributed by atoms with E-state index >= 15 is 0 Å². The lowest BCUT2D eigenvalue weighted by atomic mass is 10.3. The van der Waals surface area contributed by atoms with Crippen molar-refractivity contribution >= 4 is 26.0 Å². The highest BCUT2D eigenvalue weighted by atomic mass is 79.9. The summed E-state index contributed by atoms with van der Waals surface area (Å²) in [5, 5.41) is 0. The Morgan fingerprint density at radius 3 is 2.60 bits per heavy atom. The van der Waals surface area contributed by atoms with Crippen molar-refractivity contribution in [2.75, 3.05) is 7.05 Å². The van der Waals surface area contributed by atoms with Crippen molar-refractivity contribution in [3.63, 3.8) is 0 Å². The molecule has 0 aliphatic heterocycles. The third-order valence-corrected chi connectivity index (χ3v) is 5.41. The number of pyridine rings is 1. The molecule has 0 aliphatic carbocycles. The lowest BCUT2D eigenvalue weighted by Crippen LogP contribution is -2.26. The van der Waals surface area contributed by atoms with Crippen molar-refractivity contribution < 1.29 is 12.8 Å². The first-order chi connectivity index (χ1) is 9.45. The van der Waals surface area contributed by atoms with Crippen LogP contribution in [-0.2, 0) is 23.1 Å². The molecule has 8 heteroatoms. The van der Waals surface area contributed by atoms with Gasteiger partial charge in [0.15, 0.2) is 4.67 Å². The minimum atomic E-state index is -3.64. The second-order valence-electron chi connectivity index (χ2n) is 4.17. The number of furan rings is 1. The van der Waals surface area contributed by atoms with Crippen LogP contribution in [0, 0.1) is 0 Å². The lowest BCUT2D eigenvalue weighted by molar-refractivity contribution is 0.458. The van der Waals surface area contributed by atoms with Gasteiger partial charge in [0, 0.05) is 32.1 Å². The Kier molecular flexibility index (Phi) is 4.59. The summed E-state index contributed by atoms with van der Waals surface area (Å²) in [6.07, 6.45) is 3.24. The standard InChI is InChI=1S/C12H14BrN3O3S/c1-16(8-9-2-4-15-5-3-9)20(17,18)11-6-10(7-14)19-12(11)13/h2-6H,7-8,14H2,1H3. The van der Waals surface area contributed by atoms with Gasteiger partial charge in [0.1, 0.15) is 10.7 Å². The summed E-state index contributed by atoms with van der Waals surface area (Å²) in [6.45, 7) is 0.391. The summed E-state index contributed by atoms with van der Waals surface area (Å²) in [5.74, 6) is 0.410. The second kappa shape index (κ2) is 6.04. The Labute approximate surface area is 125 Å². The summed E-state index contributed by atoms with van der Waals surface area (Å²) in [7, 11) is -2.13. The van der Waals surface area contributed by atoms with Crippen LogP contribution in [0.5, 0.6) is 0 Å². The molecule has 2 rings (SSSR count). The fourth-order valence-electron chi connectivity index (χ4n) is 1.67. The molecule has 20 heavy (non-hydrogen) atoms. The SMILES string of the molecule is CN(Cc1ccncc1)S(=O)(=O)c1cc(CN)oc1Br. The van der Waals surface area contributed by atoms with E-state index in [2.05, 4.69) is 20.9 Å². The van der Waals surface area contributed by atoms with Crippen LogP contribution < -0.4 is 5.73 Å². The van der Waals surface area contributed by atoms with Crippen LogP contribution in [0.1, 0.15) is 11.3 Å². The molecule has 0 spiro atoms. The molecule has 0 atom stereocenters. The van der Waals surface area contributed by atoms with Crippen molar-refractivity contribution in [3.8, 4) is 0 Å². The van der Waals surface area contributed by atoms with E-state index in [1.165, 1.54) is 17.4 Å². The maximum Gasteiger partial charge on any atom is 0.247 e. The zero-order valence-electron chi connectivity index (χ0n) is 10.8. The fraction of sp³-hybridized carbons (Fsp3) is 0.250. The van der Waals surface area contributed by atoms with Crippen molar-refractivity contribution in [1.82, 2.24) is 9.29 Å². The normalized spacial score (nSPS) is 12.0. The first-order valence-electron chi connectivity index (χ1n) is 5.78. The van der Waals surface area contributed by atoms with Gasteiger partial charge < -0.3 is 10.2 Å². The van der Waals surface area contributed by atoms with Gasteiger partial charge in [-0.05, 0) is 33.6 Å². The largest absolute Gasteiger partial charge is 0.452 e. The van der Waals surface area contributed by atoms with Crippen LogP contribution in [0.25, 0.3) is 0 Å². The molecule has 0 aliphatic rings. The molecule has 0 radical (unpaired) electrons. The Morgan fingerprint density at radius 2 is 2.05 bits per heavy atom. The molecular formula is C12H14BrN3O3S. The van der Waals surface area contributed by atoms with E-state index in [4.69, 9.17) is 10.2 Å². The first-order valence-corrected chi connectivity index (χ1v) is 8.02. The molecule has 0 amide bonds. The van der Waals surface area contributed by atoms with Gasteiger partial charge in [0.05, 0.1) is 6.54 Å². The first kappa shape index (κ1) is 15.2. The molecule has 2 N–H and O–H groups in total. The minimum absolute atomic E-state index is 0.0782. The number of halogens is 1. The molecule has 108 valence electrons. The number of rotatable bonds is 5. The highest BCUT2D eigenvalue weighted by molar-refractivity contribution is 9.10. The van der Waals surface area contributed by atoms with Gasteiger partial charge in [-0.3, -0.25) is 4.98 Å². The average Bonchev–Trinajstić information content (AvgIpc) is 2.82. The average molecular weight is 360 g/mol. The van der Waals surface area contributed by atoms with Crippen molar-refractivity contribution in [3.05, 3.63) is 46.6 Å². The maximum atomic E-state index is 12.5. The molecule has 6 nitrogen and oxygen atoms in total. The molecular weight excluding hydrogens is 346 g/mol. The zero-order valence-corrected chi connectivity index (χ0v) is 13.2. The van der Waals surface area contributed by atoms with E-state index in [0.717, 1.165) is 5.56 Å². The predicted octanol–water partition coefficient (Wildman–Crippen LogP) is 1.72. The zero-order chi connectivity index (χ0) is 14.8. The van der Waals surface area contributed by atoms with Gasteiger partial charge in [-0.2, -0.15) is 4.31 Å². The van der Waals surface area contributed by atoms with E-state index < -0.39 is 10.0 Å². The van der Waals surface area contributed by atoms with Gasteiger partial charge in [-0.1, -0.05) is 0 Å². The van der Waals surface area contributed by atoms with E-state index in [-0.39, 0.29) is 22.7 Å². The minimum Gasteiger partial charge on any atom is -0.452 e. The predicted molar refractivity (Wildman–Crippen MR) is 77.2 cm³/mol.